The van der Waals surface area contributed by atoms with Gasteiger partial charge in [0, 0.05) is 25.1 Å². The zero-order valence-corrected chi connectivity index (χ0v) is 14.9. The molecule has 1 atom stereocenters. The van der Waals surface area contributed by atoms with E-state index in [1.807, 2.05) is 4.68 Å². The molecule has 130 valence electrons. The summed E-state index contributed by atoms with van der Waals surface area (Å²) in [7, 11) is 0. The number of nitrogens with zero attached hydrogens (tertiary/aromatic N) is 6. The van der Waals surface area contributed by atoms with Crippen molar-refractivity contribution < 1.29 is 4.74 Å². The zero-order valence-electron chi connectivity index (χ0n) is 14.1. The van der Waals surface area contributed by atoms with Crippen LogP contribution < -0.4 is 0 Å². The van der Waals surface area contributed by atoms with Crippen molar-refractivity contribution in [2.75, 3.05) is 19.8 Å². The van der Waals surface area contributed by atoms with Crippen molar-refractivity contribution in [2.45, 2.75) is 51.7 Å². The standard InChI is InChI=1S/C16H24N6OS/c1-12-17-14(11-24-12)15-3-2-6-21(15)10-16-18-19-20-22(16)9-13-4-7-23-8-5-13/h11,13,15H,2-10H2,1H3/t15-/m0/s1. The third-order valence-electron chi connectivity index (χ3n) is 5.06. The minimum atomic E-state index is 0.406. The van der Waals surface area contributed by atoms with Gasteiger partial charge in [-0.2, -0.15) is 0 Å². The second-order valence-electron chi connectivity index (χ2n) is 6.75. The van der Waals surface area contributed by atoms with Crippen LogP contribution in [-0.2, 0) is 17.8 Å². The third kappa shape index (κ3) is 3.50. The minimum Gasteiger partial charge on any atom is -0.381 e. The molecule has 4 heterocycles. The summed E-state index contributed by atoms with van der Waals surface area (Å²) in [5, 5.41) is 15.8. The predicted molar refractivity (Wildman–Crippen MR) is 90.6 cm³/mol. The lowest BCUT2D eigenvalue weighted by Crippen LogP contribution is -2.27. The molecule has 2 aromatic rings. The Hall–Kier alpha value is -1.38. The first-order valence-electron chi connectivity index (χ1n) is 8.78. The quantitative estimate of drug-likeness (QED) is 0.825. The minimum absolute atomic E-state index is 0.406. The normalized spacial score (nSPS) is 23.1. The number of likely N-dealkylation sites (tertiary alicyclic amines) is 1. The first-order chi connectivity index (χ1) is 11.8. The molecule has 8 heteroatoms. The van der Waals surface area contributed by atoms with Gasteiger partial charge in [0.25, 0.3) is 0 Å². The number of hydrogen-bond donors (Lipinski definition) is 0. The van der Waals surface area contributed by atoms with E-state index < -0.39 is 0 Å². The highest BCUT2D eigenvalue weighted by molar-refractivity contribution is 7.09. The third-order valence-corrected chi connectivity index (χ3v) is 5.86. The SMILES string of the molecule is Cc1nc([C@@H]2CCCN2Cc2nnnn2CC2CCOCC2)cs1. The van der Waals surface area contributed by atoms with Gasteiger partial charge < -0.3 is 4.74 Å². The van der Waals surface area contributed by atoms with Crippen LogP contribution in [0.5, 0.6) is 0 Å². The Morgan fingerprint density at radius 1 is 1.29 bits per heavy atom. The van der Waals surface area contributed by atoms with Crippen LogP contribution in [0.3, 0.4) is 0 Å². The lowest BCUT2D eigenvalue weighted by Gasteiger charge is -2.24. The molecule has 2 aliphatic rings. The molecule has 0 unspecified atom stereocenters. The number of thiazole rings is 1. The van der Waals surface area contributed by atoms with Gasteiger partial charge in [-0.15, -0.1) is 16.4 Å². The summed E-state index contributed by atoms with van der Waals surface area (Å²) in [5.41, 5.74) is 1.21. The Balaban J connectivity index is 1.44. The van der Waals surface area contributed by atoms with Crippen LogP contribution in [0.4, 0.5) is 0 Å². The van der Waals surface area contributed by atoms with Gasteiger partial charge in [0.15, 0.2) is 5.82 Å². The van der Waals surface area contributed by atoms with Gasteiger partial charge in [-0.1, -0.05) is 0 Å². The molecule has 0 radical (unpaired) electrons. The van der Waals surface area contributed by atoms with Crippen LogP contribution in [0.15, 0.2) is 5.38 Å². The summed E-state index contributed by atoms with van der Waals surface area (Å²) in [6, 6.07) is 0.406. The Labute approximate surface area is 146 Å². The molecular formula is C16H24N6OS. The molecule has 4 rings (SSSR count). The maximum Gasteiger partial charge on any atom is 0.165 e. The Morgan fingerprint density at radius 3 is 2.96 bits per heavy atom. The van der Waals surface area contributed by atoms with Gasteiger partial charge in [0.1, 0.15) is 0 Å². The fourth-order valence-electron chi connectivity index (χ4n) is 3.72. The van der Waals surface area contributed by atoms with Crippen molar-refractivity contribution >= 4 is 11.3 Å². The van der Waals surface area contributed by atoms with E-state index in [1.54, 1.807) is 11.3 Å². The number of ether oxygens (including phenoxy) is 1. The van der Waals surface area contributed by atoms with Crippen LogP contribution in [0.2, 0.25) is 0 Å². The lowest BCUT2D eigenvalue weighted by molar-refractivity contribution is 0.0593. The highest BCUT2D eigenvalue weighted by atomic mass is 32.1. The molecule has 0 aromatic carbocycles. The van der Waals surface area contributed by atoms with E-state index in [0.717, 1.165) is 56.5 Å². The van der Waals surface area contributed by atoms with Gasteiger partial charge in [-0.25, -0.2) is 9.67 Å². The number of aryl methyl sites for hydroxylation is 1. The van der Waals surface area contributed by atoms with Gasteiger partial charge in [0.2, 0.25) is 0 Å². The molecule has 0 bridgehead atoms. The van der Waals surface area contributed by atoms with E-state index in [9.17, 15) is 0 Å². The van der Waals surface area contributed by atoms with E-state index in [1.165, 1.54) is 18.5 Å². The van der Waals surface area contributed by atoms with E-state index in [-0.39, 0.29) is 0 Å². The molecule has 0 spiro atoms. The lowest BCUT2D eigenvalue weighted by atomic mass is 10.0. The number of tetrazole rings is 1. The van der Waals surface area contributed by atoms with E-state index in [2.05, 4.69) is 32.7 Å². The van der Waals surface area contributed by atoms with Gasteiger partial charge >= 0.3 is 0 Å². The molecule has 2 saturated heterocycles. The summed E-state index contributed by atoms with van der Waals surface area (Å²) in [5.74, 6) is 1.59. The van der Waals surface area contributed by atoms with Crippen LogP contribution >= 0.6 is 11.3 Å². The molecule has 0 N–H and O–H groups in total. The average Bonchev–Trinajstić information content (AvgIpc) is 3.31. The average molecular weight is 348 g/mol. The Bertz CT molecular complexity index is 665. The summed E-state index contributed by atoms with van der Waals surface area (Å²) in [4.78, 5) is 7.17. The van der Waals surface area contributed by atoms with Crippen LogP contribution in [0.25, 0.3) is 0 Å². The summed E-state index contributed by atoms with van der Waals surface area (Å²) in [6.45, 7) is 6.59. The predicted octanol–water partition coefficient (Wildman–Crippen LogP) is 2.20. The fourth-order valence-corrected chi connectivity index (χ4v) is 4.38. The molecule has 24 heavy (non-hydrogen) atoms. The van der Waals surface area contributed by atoms with Crippen molar-refractivity contribution in [2.24, 2.45) is 5.92 Å². The van der Waals surface area contributed by atoms with E-state index >= 15 is 0 Å². The maximum absolute atomic E-state index is 5.45. The molecule has 2 fully saturated rings. The maximum atomic E-state index is 5.45. The summed E-state index contributed by atoms with van der Waals surface area (Å²) < 4.78 is 7.44. The van der Waals surface area contributed by atoms with Gasteiger partial charge in [0.05, 0.1) is 23.3 Å². The monoisotopic (exact) mass is 348 g/mol. The summed E-state index contributed by atoms with van der Waals surface area (Å²) in [6.07, 6.45) is 4.58. The summed E-state index contributed by atoms with van der Waals surface area (Å²) >= 11 is 1.73. The van der Waals surface area contributed by atoms with Gasteiger partial charge in [-0.05, 0) is 55.5 Å². The van der Waals surface area contributed by atoms with Crippen LogP contribution in [0, 0.1) is 12.8 Å². The Morgan fingerprint density at radius 2 is 2.17 bits per heavy atom. The fraction of sp³-hybridized carbons (Fsp3) is 0.750. The second-order valence-corrected chi connectivity index (χ2v) is 7.82. The topological polar surface area (TPSA) is 69.0 Å². The first-order valence-corrected chi connectivity index (χ1v) is 9.66. The van der Waals surface area contributed by atoms with Crippen molar-refractivity contribution in [3.05, 3.63) is 21.9 Å². The highest BCUT2D eigenvalue weighted by Crippen LogP contribution is 2.33. The van der Waals surface area contributed by atoms with Gasteiger partial charge in [-0.3, -0.25) is 4.90 Å². The van der Waals surface area contributed by atoms with E-state index in [0.29, 0.717) is 12.0 Å². The van der Waals surface area contributed by atoms with Crippen molar-refractivity contribution in [1.82, 2.24) is 30.1 Å². The van der Waals surface area contributed by atoms with Crippen LogP contribution in [-0.4, -0.2) is 49.8 Å². The second kappa shape index (κ2) is 7.25. The van der Waals surface area contributed by atoms with E-state index in [4.69, 9.17) is 9.72 Å². The smallest absolute Gasteiger partial charge is 0.165 e. The van der Waals surface area contributed by atoms with Crippen molar-refractivity contribution in [3.63, 3.8) is 0 Å². The zero-order chi connectivity index (χ0) is 16.4. The number of hydrogen-bond acceptors (Lipinski definition) is 7. The number of rotatable bonds is 5. The number of aromatic nitrogens is 5. The molecule has 2 aliphatic heterocycles. The Kier molecular flexibility index (Phi) is 4.86. The molecule has 2 aromatic heterocycles. The molecule has 0 saturated carbocycles. The van der Waals surface area contributed by atoms with Crippen molar-refractivity contribution in [3.8, 4) is 0 Å². The first kappa shape index (κ1) is 16.1. The molecule has 7 nitrogen and oxygen atoms in total. The van der Waals surface area contributed by atoms with Crippen LogP contribution in [0.1, 0.15) is 48.3 Å². The molecular weight excluding hydrogens is 324 g/mol. The largest absolute Gasteiger partial charge is 0.381 e. The molecule has 0 amide bonds. The van der Waals surface area contributed by atoms with Crippen molar-refractivity contribution in [1.29, 1.82) is 0 Å². The highest BCUT2D eigenvalue weighted by Gasteiger charge is 2.29. The molecule has 0 aliphatic carbocycles.